The topological polar surface area (TPSA) is 63.2 Å². The monoisotopic (exact) mass is 197 g/mol. The van der Waals surface area contributed by atoms with Crippen molar-refractivity contribution in [2.45, 2.75) is 39.0 Å². The number of carbonyl (C=O) groups is 3. The molecular weight excluding hydrogens is 182 g/mol. The van der Waals surface area contributed by atoms with Crippen molar-refractivity contribution in [3.8, 4) is 0 Å². The molecule has 4 heteroatoms. The van der Waals surface area contributed by atoms with E-state index < -0.39 is 17.6 Å². The summed E-state index contributed by atoms with van der Waals surface area (Å²) in [6.07, 6.45) is 4.71. The molecule has 4 nitrogen and oxygen atoms in total. The zero-order valence-corrected chi connectivity index (χ0v) is 8.34. The molecular formula is C10H15NO3. The lowest BCUT2D eigenvalue weighted by Gasteiger charge is -2.19. The normalized spacial score (nSPS) is 17.5. The summed E-state index contributed by atoms with van der Waals surface area (Å²) in [4.78, 5) is 33.2. The zero-order valence-electron chi connectivity index (χ0n) is 8.34. The van der Waals surface area contributed by atoms with E-state index in [1.807, 2.05) is 5.32 Å². The standard InChI is InChI=1S/C10H15NO3/c1-7(12)11-10(14)9(13)8-5-3-2-4-6-8/h8H,2-6H2,1H3,(H,11,12,14). The third kappa shape index (κ3) is 2.94. The van der Waals surface area contributed by atoms with Gasteiger partial charge in [-0.05, 0) is 12.8 Å². The number of hydrogen-bond donors (Lipinski definition) is 1. The fraction of sp³-hybridized carbons (Fsp3) is 0.700. The van der Waals surface area contributed by atoms with Crippen LogP contribution in [0, 0.1) is 5.92 Å². The van der Waals surface area contributed by atoms with E-state index in [9.17, 15) is 14.4 Å². The van der Waals surface area contributed by atoms with Gasteiger partial charge in [-0.3, -0.25) is 19.7 Å². The summed E-state index contributed by atoms with van der Waals surface area (Å²) >= 11 is 0. The van der Waals surface area contributed by atoms with E-state index in [0.717, 1.165) is 32.1 Å². The first-order valence-electron chi connectivity index (χ1n) is 4.97. The van der Waals surface area contributed by atoms with Crippen LogP contribution in [0.25, 0.3) is 0 Å². The summed E-state index contributed by atoms with van der Waals surface area (Å²) in [7, 11) is 0. The van der Waals surface area contributed by atoms with Crippen molar-refractivity contribution in [1.29, 1.82) is 0 Å². The Hall–Kier alpha value is -1.19. The van der Waals surface area contributed by atoms with E-state index in [-0.39, 0.29) is 5.92 Å². The molecule has 0 radical (unpaired) electrons. The quantitative estimate of drug-likeness (QED) is 0.666. The Kier molecular flexibility index (Phi) is 3.80. The van der Waals surface area contributed by atoms with Crippen LogP contribution in [0.5, 0.6) is 0 Å². The molecule has 0 spiro atoms. The number of hydrogen-bond acceptors (Lipinski definition) is 3. The summed E-state index contributed by atoms with van der Waals surface area (Å²) in [5, 5.41) is 2.01. The smallest absolute Gasteiger partial charge is 0.290 e. The molecule has 78 valence electrons. The van der Waals surface area contributed by atoms with Crippen molar-refractivity contribution in [3.05, 3.63) is 0 Å². The number of nitrogens with one attached hydrogen (secondary N) is 1. The van der Waals surface area contributed by atoms with Crippen LogP contribution in [0.2, 0.25) is 0 Å². The lowest BCUT2D eigenvalue weighted by Crippen LogP contribution is -2.38. The summed E-state index contributed by atoms with van der Waals surface area (Å²) in [5.74, 6) is -1.81. The van der Waals surface area contributed by atoms with Gasteiger partial charge < -0.3 is 0 Å². The maximum Gasteiger partial charge on any atom is 0.294 e. The molecule has 1 aliphatic rings. The molecule has 0 saturated heterocycles. The SMILES string of the molecule is CC(=O)NC(=O)C(=O)C1CCCCC1. The van der Waals surface area contributed by atoms with Gasteiger partial charge in [0.15, 0.2) is 0 Å². The van der Waals surface area contributed by atoms with Crippen LogP contribution in [0.3, 0.4) is 0 Å². The lowest BCUT2D eigenvalue weighted by atomic mass is 9.86. The van der Waals surface area contributed by atoms with Gasteiger partial charge in [-0.2, -0.15) is 0 Å². The van der Waals surface area contributed by atoms with Gasteiger partial charge in [0.2, 0.25) is 11.7 Å². The minimum atomic E-state index is -0.746. The first-order chi connectivity index (χ1) is 6.61. The minimum Gasteiger partial charge on any atom is -0.290 e. The van der Waals surface area contributed by atoms with Crippen molar-refractivity contribution in [2.75, 3.05) is 0 Å². The molecule has 0 aliphatic heterocycles. The molecule has 1 N–H and O–H groups in total. The lowest BCUT2D eigenvalue weighted by molar-refractivity contribution is -0.143. The maximum atomic E-state index is 11.5. The summed E-state index contributed by atoms with van der Waals surface area (Å²) in [5.41, 5.74) is 0. The molecule has 1 fully saturated rings. The van der Waals surface area contributed by atoms with E-state index in [1.54, 1.807) is 0 Å². The van der Waals surface area contributed by atoms with Crippen LogP contribution >= 0.6 is 0 Å². The van der Waals surface area contributed by atoms with E-state index in [4.69, 9.17) is 0 Å². The van der Waals surface area contributed by atoms with Gasteiger partial charge in [-0.15, -0.1) is 0 Å². The fourth-order valence-electron chi connectivity index (χ4n) is 1.77. The highest BCUT2D eigenvalue weighted by Crippen LogP contribution is 2.24. The van der Waals surface area contributed by atoms with Crippen molar-refractivity contribution in [3.63, 3.8) is 0 Å². The Morgan fingerprint density at radius 2 is 1.64 bits per heavy atom. The fourth-order valence-corrected chi connectivity index (χ4v) is 1.77. The zero-order chi connectivity index (χ0) is 10.6. The van der Waals surface area contributed by atoms with E-state index >= 15 is 0 Å². The minimum absolute atomic E-state index is 0.164. The van der Waals surface area contributed by atoms with Crippen molar-refractivity contribution >= 4 is 17.6 Å². The molecule has 1 aliphatic carbocycles. The highest BCUT2D eigenvalue weighted by Gasteiger charge is 2.26. The summed E-state index contributed by atoms with van der Waals surface area (Å²) in [6.45, 7) is 1.23. The van der Waals surface area contributed by atoms with Gasteiger partial charge in [0.05, 0.1) is 0 Å². The van der Waals surface area contributed by atoms with Gasteiger partial charge in [0, 0.05) is 12.8 Å². The van der Waals surface area contributed by atoms with Crippen LogP contribution < -0.4 is 5.32 Å². The van der Waals surface area contributed by atoms with E-state index in [2.05, 4.69) is 0 Å². The first-order valence-corrected chi connectivity index (χ1v) is 4.97. The van der Waals surface area contributed by atoms with Gasteiger partial charge in [-0.25, -0.2) is 0 Å². The maximum absolute atomic E-state index is 11.5. The second-order valence-corrected chi connectivity index (χ2v) is 3.71. The van der Waals surface area contributed by atoms with Crippen molar-refractivity contribution < 1.29 is 14.4 Å². The Morgan fingerprint density at radius 1 is 1.07 bits per heavy atom. The number of imide groups is 1. The molecule has 0 bridgehead atoms. The van der Waals surface area contributed by atoms with Gasteiger partial charge in [0.25, 0.3) is 5.91 Å². The Bertz CT molecular complexity index is 254. The molecule has 14 heavy (non-hydrogen) atoms. The largest absolute Gasteiger partial charge is 0.294 e. The average Bonchev–Trinajstić information content (AvgIpc) is 2.17. The Morgan fingerprint density at radius 3 is 2.14 bits per heavy atom. The molecule has 0 heterocycles. The predicted molar refractivity (Wildman–Crippen MR) is 50.4 cm³/mol. The van der Waals surface area contributed by atoms with Crippen LogP contribution in [-0.4, -0.2) is 17.6 Å². The van der Waals surface area contributed by atoms with Gasteiger partial charge in [-0.1, -0.05) is 19.3 Å². The number of rotatable bonds is 2. The Balaban J connectivity index is 2.46. The summed E-state index contributed by atoms with van der Waals surface area (Å²) in [6, 6.07) is 0. The van der Waals surface area contributed by atoms with Crippen LogP contribution in [0.15, 0.2) is 0 Å². The van der Waals surface area contributed by atoms with Crippen LogP contribution in [0.1, 0.15) is 39.0 Å². The Labute approximate surface area is 83.1 Å². The van der Waals surface area contributed by atoms with Crippen LogP contribution in [0.4, 0.5) is 0 Å². The third-order valence-electron chi connectivity index (χ3n) is 2.49. The van der Waals surface area contributed by atoms with Crippen molar-refractivity contribution in [2.24, 2.45) is 5.92 Å². The number of carbonyl (C=O) groups excluding carboxylic acids is 3. The first kappa shape index (κ1) is 10.9. The van der Waals surface area contributed by atoms with Crippen molar-refractivity contribution in [1.82, 2.24) is 5.32 Å². The average molecular weight is 197 g/mol. The highest BCUT2D eigenvalue weighted by molar-refractivity contribution is 6.39. The van der Waals surface area contributed by atoms with Gasteiger partial charge >= 0.3 is 0 Å². The molecule has 0 aromatic heterocycles. The summed E-state index contributed by atoms with van der Waals surface area (Å²) < 4.78 is 0. The number of ketones is 1. The highest BCUT2D eigenvalue weighted by atomic mass is 16.2. The number of Topliss-reactive ketones (excluding diaryl/α,β-unsaturated/α-hetero) is 1. The number of amides is 2. The molecule has 0 aromatic carbocycles. The molecule has 0 unspecified atom stereocenters. The van der Waals surface area contributed by atoms with Gasteiger partial charge in [0.1, 0.15) is 0 Å². The van der Waals surface area contributed by atoms with E-state index in [0.29, 0.717) is 0 Å². The molecule has 1 saturated carbocycles. The molecule has 2 amide bonds. The third-order valence-corrected chi connectivity index (χ3v) is 2.49. The second kappa shape index (κ2) is 4.88. The molecule has 0 aromatic rings. The molecule has 0 atom stereocenters. The predicted octanol–water partition coefficient (Wildman–Crippen LogP) is 0.798. The van der Waals surface area contributed by atoms with E-state index in [1.165, 1.54) is 6.92 Å². The van der Waals surface area contributed by atoms with Crippen LogP contribution in [-0.2, 0) is 14.4 Å². The second-order valence-electron chi connectivity index (χ2n) is 3.71. The molecule has 1 rings (SSSR count).